The lowest BCUT2D eigenvalue weighted by atomic mass is 10.1. The number of halogens is 1. The average Bonchev–Trinajstić information content (AvgIpc) is 4.19. The SMILES string of the molecule is C.CCOC(=O)c1cn2c(n1)CN(C(=O)Cc1ccccc1C)CC2.CCOC(=O)c1cn2c(n1)CNCC2.CO.Cc1ccccc1CC(=O)N1CCn2cc(C(=O)NO)nc2C1.Cc1ccccc1N=C=O.[2H]CF. The molecule has 0 unspecified atom stereocenters. The first-order chi connectivity index (χ1) is 36.7. The number of alkyl halides is 1. The smallest absolute Gasteiger partial charge is 0.358 e. The Hall–Kier alpha value is -8.17. The number of aryl methyl sites for hydroxylation is 3. The lowest BCUT2D eigenvalue weighted by Gasteiger charge is -2.27. The van der Waals surface area contributed by atoms with Crippen molar-refractivity contribution in [2.75, 3.05) is 47.1 Å². The van der Waals surface area contributed by atoms with Crippen LogP contribution in [0.2, 0.25) is 0 Å². The van der Waals surface area contributed by atoms with Gasteiger partial charge in [-0.25, -0.2) is 34.8 Å². The van der Waals surface area contributed by atoms with E-state index in [1.54, 1.807) is 53.8 Å². The van der Waals surface area contributed by atoms with Crippen molar-refractivity contribution in [3.63, 3.8) is 0 Å². The van der Waals surface area contributed by atoms with Crippen LogP contribution < -0.4 is 10.8 Å². The van der Waals surface area contributed by atoms with Crippen LogP contribution >= 0.6 is 0 Å². The zero-order valence-corrected chi connectivity index (χ0v) is 43.1. The number of nitrogens with zero attached hydrogens (tertiary/aromatic N) is 9. The number of benzene rings is 3. The van der Waals surface area contributed by atoms with E-state index in [1.807, 2.05) is 101 Å². The second-order valence-corrected chi connectivity index (χ2v) is 16.6. The van der Waals surface area contributed by atoms with Gasteiger partial charge in [0, 0.05) is 65.0 Å². The maximum Gasteiger partial charge on any atom is 0.358 e. The van der Waals surface area contributed by atoms with Gasteiger partial charge in [0.2, 0.25) is 17.9 Å². The first kappa shape index (κ1) is 60.4. The van der Waals surface area contributed by atoms with Gasteiger partial charge < -0.3 is 43.4 Å². The molecule has 3 aliphatic rings. The molecule has 3 aliphatic heterocycles. The van der Waals surface area contributed by atoms with Gasteiger partial charge in [-0.15, -0.1) is 0 Å². The molecule has 21 nitrogen and oxygen atoms in total. The van der Waals surface area contributed by atoms with Crippen LogP contribution in [0.25, 0.3) is 0 Å². The summed E-state index contributed by atoms with van der Waals surface area (Å²) in [4.78, 5) is 89.2. The summed E-state index contributed by atoms with van der Waals surface area (Å²) in [5.74, 6) is 0.990. The Morgan fingerprint density at radius 3 is 1.54 bits per heavy atom. The third-order valence-electron chi connectivity index (χ3n) is 11.8. The van der Waals surface area contributed by atoms with E-state index in [9.17, 15) is 33.2 Å². The van der Waals surface area contributed by atoms with Gasteiger partial charge >= 0.3 is 11.9 Å². The van der Waals surface area contributed by atoms with Crippen molar-refractivity contribution in [3.05, 3.63) is 154 Å². The summed E-state index contributed by atoms with van der Waals surface area (Å²) in [6.45, 7) is 15.9. The van der Waals surface area contributed by atoms with E-state index in [0.29, 0.717) is 88.2 Å². The number of aliphatic hydroxyl groups is 1. The predicted octanol–water partition coefficient (Wildman–Crippen LogP) is 5.80. The number of hydrogen-bond acceptors (Lipinski definition) is 15. The second kappa shape index (κ2) is 32.2. The van der Waals surface area contributed by atoms with Crippen LogP contribution in [0.3, 0.4) is 0 Å². The van der Waals surface area contributed by atoms with Crippen LogP contribution in [-0.4, -0.2) is 132 Å². The molecular weight excluding hydrogens is 982 g/mol. The molecule has 6 heterocycles. The molecule has 3 amide bonds. The minimum Gasteiger partial charge on any atom is -0.461 e. The number of amides is 3. The number of hydroxylamine groups is 1. The van der Waals surface area contributed by atoms with Gasteiger partial charge in [-0.3, -0.25) is 24.0 Å². The Morgan fingerprint density at radius 1 is 0.684 bits per heavy atom. The Balaban J connectivity index is 0.000000273. The van der Waals surface area contributed by atoms with Gasteiger partial charge in [0.05, 0.1) is 59.9 Å². The van der Waals surface area contributed by atoms with Crippen molar-refractivity contribution in [1.82, 2.24) is 49.2 Å². The molecule has 6 aromatic rings. The minimum atomic E-state index is -1.00. The molecule has 4 N–H and O–H groups in total. The van der Waals surface area contributed by atoms with Crippen LogP contribution in [0.1, 0.15) is 99.4 Å². The number of ether oxygens (including phenoxy) is 2. The quantitative estimate of drug-likeness (QED) is 0.0416. The molecule has 0 atom stereocenters. The highest BCUT2D eigenvalue weighted by Gasteiger charge is 2.26. The molecule has 408 valence electrons. The number of carbonyl (C=O) groups is 5. The molecule has 76 heavy (non-hydrogen) atoms. The third-order valence-corrected chi connectivity index (χ3v) is 11.8. The number of aliphatic hydroxyl groups excluding tert-OH is 1. The van der Waals surface area contributed by atoms with Gasteiger partial charge in [-0.1, -0.05) is 74.2 Å². The largest absolute Gasteiger partial charge is 0.461 e. The molecule has 0 bridgehead atoms. The van der Waals surface area contributed by atoms with Crippen LogP contribution in [0, 0.1) is 20.8 Å². The first-order valence-electron chi connectivity index (χ1n) is 24.7. The average molecular weight is 1050 g/mol. The molecule has 9 rings (SSSR count). The summed E-state index contributed by atoms with van der Waals surface area (Å²) >= 11 is 0. The van der Waals surface area contributed by atoms with Gasteiger partial charge in [-0.2, -0.15) is 4.99 Å². The van der Waals surface area contributed by atoms with Gasteiger partial charge in [0.1, 0.15) is 23.2 Å². The van der Waals surface area contributed by atoms with Crippen molar-refractivity contribution in [1.29, 1.82) is 0 Å². The first-order valence-corrected chi connectivity index (χ1v) is 24.0. The van der Waals surface area contributed by atoms with E-state index in [0.717, 1.165) is 66.2 Å². The fraction of sp³-hybridized carbons (Fsp3) is 0.389. The molecule has 0 aliphatic carbocycles. The summed E-state index contributed by atoms with van der Waals surface area (Å²) in [6, 6.07) is 23.2. The van der Waals surface area contributed by atoms with Crippen molar-refractivity contribution in [2.24, 2.45) is 4.99 Å². The van der Waals surface area contributed by atoms with E-state index in [1.165, 1.54) is 6.08 Å². The monoisotopic (exact) mass is 1050 g/mol. The summed E-state index contributed by atoms with van der Waals surface area (Å²) in [6.07, 6.45) is 7.30. The Labute approximate surface area is 443 Å². The van der Waals surface area contributed by atoms with Gasteiger partial charge in [0.25, 0.3) is 5.91 Å². The number of aromatic nitrogens is 6. The topological polar surface area (TPSA) is 258 Å². The highest BCUT2D eigenvalue weighted by Crippen LogP contribution is 2.19. The molecule has 0 radical (unpaired) electrons. The normalized spacial score (nSPS) is 12.6. The second-order valence-electron chi connectivity index (χ2n) is 16.6. The number of rotatable bonds is 10. The predicted molar refractivity (Wildman–Crippen MR) is 281 cm³/mol. The number of carbonyl (C=O) groups excluding carboxylic acids is 6. The molecular formula is C54H70FN11O10. The molecule has 3 aromatic carbocycles. The van der Waals surface area contributed by atoms with E-state index in [-0.39, 0.29) is 30.9 Å². The molecule has 0 spiro atoms. The fourth-order valence-electron chi connectivity index (χ4n) is 7.80. The van der Waals surface area contributed by atoms with Crippen molar-refractivity contribution >= 4 is 41.4 Å². The number of nitrogens with one attached hydrogen (secondary N) is 2. The molecule has 3 aromatic heterocycles. The van der Waals surface area contributed by atoms with Crippen molar-refractivity contribution < 1.29 is 54.3 Å². The number of fused-ring (bicyclic) bond motifs is 3. The van der Waals surface area contributed by atoms with Gasteiger partial charge in [-0.05, 0) is 68.5 Å². The highest BCUT2D eigenvalue weighted by molar-refractivity contribution is 5.91. The fourth-order valence-corrected chi connectivity index (χ4v) is 7.80. The Bertz CT molecular complexity index is 2890. The number of para-hydroxylation sites is 1. The lowest BCUT2D eigenvalue weighted by Crippen LogP contribution is -2.39. The Morgan fingerprint density at radius 2 is 1.11 bits per heavy atom. The number of aliphatic imine (C=N–C) groups is 1. The van der Waals surface area contributed by atoms with E-state index in [2.05, 4.69) is 25.3 Å². The summed E-state index contributed by atoms with van der Waals surface area (Å²) in [5, 5.41) is 18.9. The van der Waals surface area contributed by atoms with Crippen LogP contribution in [0.5, 0.6) is 0 Å². The molecule has 0 fully saturated rings. The molecule has 22 heteroatoms. The number of imidazole rings is 3. The Kier molecular flexibility index (Phi) is 25.6. The van der Waals surface area contributed by atoms with E-state index < -0.39 is 19.0 Å². The summed E-state index contributed by atoms with van der Waals surface area (Å²) < 4.78 is 31.1. The summed E-state index contributed by atoms with van der Waals surface area (Å²) in [5.41, 5.74) is 8.40. The standard InChI is InChI=1S/C18H21N3O3.C16H18N4O3.C9H13N3O2.C8H7NO.CH3F.CH4O.CH4/c1-3-24-18(23)15-11-20-8-9-21(12-16(20)19-15)17(22)10-14-7-5-4-6-13(14)2;1-11-4-2-3-5-12(11)8-15(21)20-7-6-19-9-13(16(22)18-23)17-14(19)10-20;1-2-14-9(13)7-6-12-4-3-10-5-8(12)11-7;1-7-4-2-3-5-8(7)9-6-10;2*1-2;/h4-7,11H,3,8-10,12H2,1-2H3;2-5,9,23H,6-8,10H2,1H3,(H,18,22);6,10H,2-5H2,1H3;2-5H,1H3;1H3;2H,1H3;1H4/i;;;;1D;;. The third kappa shape index (κ3) is 17.8. The minimum absolute atomic E-state index is 0. The highest BCUT2D eigenvalue weighted by atomic mass is 19.1. The number of esters is 2. The maximum absolute atomic E-state index is 12.6. The van der Waals surface area contributed by atoms with Crippen molar-refractivity contribution in [2.45, 2.75) is 94.2 Å². The zero-order valence-electron chi connectivity index (χ0n) is 44.1. The zero-order chi connectivity index (χ0) is 55.6. The van der Waals surface area contributed by atoms with E-state index >= 15 is 0 Å². The van der Waals surface area contributed by atoms with Crippen LogP contribution in [0.15, 0.2) is 96.4 Å². The van der Waals surface area contributed by atoms with E-state index in [4.69, 9.17) is 21.2 Å². The number of hydrogen-bond donors (Lipinski definition) is 4. The molecule has 0 saturated heterocycles. The lowest BCUT2D eigenvalue weighted by molar-refractivity contribution is -0.132. The summed E-state index contributed by atoms with van der Waals surface area (Å²) in [7, 11) is 0. The van der Waals surface area contributed by atoms with Crippen molar-refractivity contribution in [3.8, 4) is 0 Å². The van der Waals surface area contributed by atoms with Crippen LogP contribution in [0.4, 0.5) is 10.1 Å². The van der Waals surface area contributed by atoms with Crippen LogP contribution in [-0.2, 0) is 76.0 Å². The number of isocyanates is 1. The van der Waals surface area contributed by atoms with Gasteiger partial charge in [0.15, 0.2) is 11.4 Å². The maximum atomic E-state index is 12.6. The molecule has 0 saturated carbocycles.